The number of hydrogen-bond acceptors (Lipinski definition) is 2. The lowest BCUT2D eigenvalue weighted by molar-refractivity contribution is 0.134. The van der Waals surface area contributed by atoms with Crippen molar-refractivity contribution in [1.29, 1.82) is 0 Å². The Labute approximate surface area is 131 Å². The molecular formula is C16H22ClNOS. The lowest BCUT2D eigenvalue weighted by Gasteiger charge is -2.36. The van der Waals surface area contributed by atoms with Crippen molar-refractivity contribution < 1.29 is 4.74 Å². The van der Waals surface area contributed by atoms with Crippen molar-refractivity contribution in [2.75, 3.05) is 0 Å². The number of nitrogens with one attached hydrogen (secondary N) is 1. The van der Waals surface area contributed by atoms with Crippen LogP contribution in [-0.2, 0) is 23.4 Å². The molecule has 1 aliphatic rings. The van der Waals surface area contributed by atoms with Crippen molar-refractivity contribution in [2.45, 2.75) is 58.3 Å². The summed E-state index contributed by atoms with van der Waals surface area (Å²) in [5, 5.41) is 3.17. The van der Waals surface area contributed by atoms with Crippen molar-refractivity contribution in [3.63, 3.8) is 0 Å². The van der Waals surface area contributed by atoms with E-state index in [-0.39, 0.29) is 11.0 Å². The summed E-state index contributed by atoms with van der Waals surface area (Å²) in [5.74, 6) is 0. The highest BCUT2D eigenvalue weighted by molar-refractivity contribution is 7.83. The highest BCUT2D eigenvalue weighted by atomic mass is 35.5. The number of rotatable bonds is 4. The Morgan fingerprint density at radius 1 is 1.25 bits per heavy atom. The lowest BCUT2D eigenvalue weighted by atomic mass is 9.74. The van der Waals surface area contributed by atoms with E-state index < -0.39 is 0 Å². The number of ether oxygens (including phenoxy) is 1. The third kappa shape index (κ3) is 3.72. The van der Waals surface area contributed by atoms with Gasteiger partial charge >= 0.3 is 0 Å². The van der Waals surface area contributed by atoms with E-state index in [0.717, 1.165) is 19.6 Å². The van der Waals surface area contributed by atoms with Crippen molar-refractivity contribution >= 4 is 28.3 Å². The van der Waals surface area contributed by atoms with Gasteiger partial charge in [-0.15, -0.1) is 0 Å². The van der Waals surface area contributed by atoms with Crippen LogP contribution in [-0.4, -0.2) is 9.99 Å². The van der Waals surface area contributed by atoms with Crippen LogP contribution >= 0.6 is 23.8 Å². The molecular weight excluding hydrogens is 290 g/mol. The minimum absolute atomic E-state index is 0.0375. The maximum absolute atomic E-state index is 5.82. The fourth-order valence-corrected chi connectivity index (χ4v) is 3.64. The Balaban J connectivity index is 2.19. The molecule has 0 unspecified atom stereocenters. The normalized spacial score (nSPS) is 15.1. The van der Waals surface area contributed by atoms with Gasteiger partial charge in [-0.3, -0.25) is 0 Å². The summed E-state index contributed by atoms with van der Waals surface area (Å²) < 4.78 is 5.82. The van der Waals surface area contributed by atoms with Gasteiger partial charge in [0, 0.05) is 5.54 Å². The number of benzene rings is 1. The van der Waals surface area contributed by atoms with Gasteiger partial charge in [-0.25, -0.2) is 0 Å². The molecule has 2 nitrogen and oxygen atoms in total. The Morgan fingerprint density at radius 3 is 2.55 bits per heavy atom. The minimum atomic E-state index is -0.141. The van der Waals surface area contributed by atoms with Crippen molar-refractivity contribution in [2.24, 2.45) is 0 Å². The molecule has 0 spiro atoms. The Kier molecular flexibility index (Phi) is 4.43. The topological polar surface area (TPSA) is 21.3 Å². The van der Waals surface area contributed by atoms with Gasteiger partial charge in [0.25, 0.3) is 0 Å². The monoisotopic (exact) mass is 311 g/mol. The van der Waals surface area contributed by atoms with Crippen molar-refractivity contribution in [3.8, 4) is 0 Å². The first kappa shape index (κ1) is 15.7. The predicted octanol–water partition coefficient (Wildman–Crippen LogP) is 4.28. The van der Waals surface area contributed by atoms with Gasteiger partial charge in [0.15, 0.2) is 4.45 Å². The second-order valence-electron chi connectivity index (χ2n) is 6.82. The quantitative estimate of drug-likeness (QED) is 0.509. The first-order valence-corrected chi connectivity index (χ1v) is 7.66. The maximum atomic E-state index is 5.82. The van der Waals surface area contributed by atoms with Gasteiger partial charge in [0.1, 0.15) is 0 Å². The van der Waals surface area contributed by atoms with E-state index in [2.05, 4.69) is 51.2 Å². The first-order valence-electron chi connectivity index (χ1n) is 6.87. The Bertz CT molecular complexity index is 525. The van der Waals surface area contributed by atoms with Gasteiger partial charge in [-0.1, -0.05) is 43.6 Å². The highest BCUT2D eigenvalue weighted by Gasteiger charge is 2.31. The van der Waals surface area contributed by atoms with Crippen LogP contribution in [0.3, 0.4) is 0 Å². The second kappa shape index (κ2) is 5.63. The van der Waals surface area contributed by atoms with E-state index in [1.165, 1.54) is 16.7 Å². The molecule has 0 radical (unpaired) electrons. The fraction of sp³-hybridized carbons (Fsp3) is 0.562. The smallest absolute Gasteiger partial charge is 0.167 e. The van der Waals surface area contributed by atoms with Crippen LogP contribution < -0.4 is 5.32 Å². The summed E-state index contributed by atoms with van der Waals surface area (Å²) in [7, 11) is 0. The summed E-state index contributed by atoms with van der Waals surface area (Å²) in [6, 6.07) is 6.67. The molecule has 20 heavy (non-hydrogen) atoms. The largest absolute Gasteiger partial charge is 0.372 e. The zero-order chi connectivity index (χ0) is 15.0. The zero-order valence-corrected chi connectivity index (χ0v) is 14.1. The van der Waals surface area contributed by atoms with Crippen LogP contribution in [0.25, 0.3) is 0 Å². The van der Waals surface area contributed by atoms with E-state index in [0.29, 0.717) is 4.45 Å². The molecule has 1 aliphatic heterocycles. The molecule has 110 valence electrons. The average Bonchev–Trinajstić information content (AvgIpc) is 2.71. The number of fused-ring (bicyclic) bond motifs is 1. The number of thiocarbonyl (C=S) groups is 1. The fourth-order valence-electron chi connectivity index (χ4n) is 3.11. The van der Waals surface area contributed by atoms with Crippen LogP contribution in [0.5, 0.6) is 0 Å². The molecule has 1 aromatic rings. The molecule has 1 N–H and O–H groups in total. The second-order valence-corrected chi connectivity index (χ2v) is 7.83. The third-order valence-electron chi connectivity index (χ3n) is 3.82. The summed E-state index contributed by atoms with van der Waals surface area (Å²) in [6.45, 7) is 10.2. The van der Waals surface area contributed by atoms with Crippen LogP contribution in [0.4, 0.5) is 0 Å². The molecule has 0 fully saturated rings. The molecule has 0 atom stereocenters. The minimum Gasteiger partial charge on any atom is -0.372 e. The van der Waals surface area contributed by atoms with E-state index in [1.807, 2.05) is 0 Å². The molecule has 0 saturated heterocycles. The van der Waals surface area contributed by atoms with E-state index in [9.17, 15) is 0 Å². The van der Waals surface area contributed by atoms with E-state index in [1.54, 1.807) is 0 Å². The number of halogens is 1. The van der Waals surface area contributed by atoms with Gasteiger partial charge in [0.2, 0.25) is 0 Å². The molecule has 0 bridgehead atoms. The van der Waals surface area contributed by atoms with Crippen LogP contribution in [0.2, 0.25) is 0 Å². The van der Waals surface area contributed by atoms with E-state index >= 15 is 0 Å². The summed E-state index contributed by atoms with van der Waals surface area (Å²) >= 11 is 10.8. The molecule has 2 rings (SSSR count). The summed E-state index contributed by atoms with van der Waals surface area (Å²) in [5.41, 5.74) is 3.85. The van der Waals surface area contributed by atoms with Crippen LogP contribution in [0.15, 0.2) is 18.2 Å². The molecule has 0 aromatic heterocycles. The highest BCUT2D eigenvalue weighted by Crippen LogP contribution is 2.34. The predicted molar refractivity (Wildman–Crippen MR) is 88.2 cm³/mol. The molecule has 1 aromatic carbocycles. The average molecular weight is 312 g/mol. The molecule has 4 heteroatoms. The van der Waals surface area contributed by atoms with Gasteiger partial charge in [0.05, 0.1) is 13.2 Å². The van der Waals surface area contributed by atoms with Crippen molar-refractivity contribution in [3.05, 3.63) is 34.9 Å². The summed E-state index contributed by atoms with van der Waals surface area (Å²) in [4.78, 5) is 0. The molecule has 0 saturated carbocycles. The van der Waals surface area contributed by atoms with Crippen LogP contribution in [0, 0.1) is 0 Å². The zero-order valence-electron chi connectivity index (χ0n) is 12.5. The summed E-state index contributed by atoms with van der Waals surface area (Å²) in [6.07, 6.45) is 0.937. The lowest BCUT2D eigenvalue weighted by Crippen LogP contribution is -2.45. The standard InChI is InChI=1S/C16H22ClNOS/c1-15(2,10-16(3,4)18-14(17)20)13-6-5-11-8-19-9-12(11)7-13/h5-7H,8-10H2,1-4H3,(H,18,20). The van der Waals surface area contributed by atoms with Crippen molar-refractivity contribution in [1.82, 2.24) is 5.32 Å². The van der Waals surface area contributed by atoms with Gasteiger partial charge < -0.3 is 10.1 Å². The Morgan fingerprint density at radius 2 is 1.90 bits per heavy atom. The third-order valence-corrected chi connectivity index (χ3v) is 4.02. The molecule has 0 amide bonds. The molecule has 0 aliphatic carbocycles. The van der Waals surface area contributed by atoms with Gasteiger partial charge in [-0.2, -0.15) is 0 Å². The SMILES string of the molecule is CC(C)(CC(C)(C)c1ccc2c(c1)COC2)NC(=S)Cl. The van der Waals surface area contributed by atoms with Gasteiger partial charge in [-0.05, 0) is 54.6 Å². The Hall–Kier alpha value is -0.640. The maximum Gasteiger partial charge on any atom is 0.167 e. The van der Waals surface area contributed by atoms with Crippen LogP contribution in [0.1, 0.15) is 50.8 Å². The first-order chi connectivity index (χ1) is 9.20. The molecule has 1 heterocycles. The number of hydrogen-bond donors (Lipinski definition) is 1. The van der Waals surface area contributed by atoms with E-state index in [4.69, 9.17) is 28.6 Å².